The van der Waals surface area contributed by atoms with Crippen LogP contribution < -0.4 is 5.32 Å². The average molecular weight is 375 g/mol. The average Bonchev–Trinajstić information content (AvgIpc) is 3.24. The van der Waals surface area contributed by atoms with Crippen LogP contribution in [0.4, 0.5) is 0 Å². The zero-order valence-electron chi connectivity index (χ0n) is 15.8. The van der Waals surface area contributed by atoms with Crippen LogP contribution in [0, 0.1) is 5.92 Å². The van der Waals surface area contributed by atoms with Crippen molar-refractivity contribution in [3.8, 4) is 11.4 Å². The van der Waals surface area contributed by atoms with Gasteiger partial charge >= 0.3 is 0 Å². The second-order valence-electron chi connectivity index (χ2n) is 7.35. The molecule has 1 aliphatic carbocycles. The summed E-state index contributed by atoms with van der Waals surface area (Å²) in [5, 5.41) is 10.2. The Morgan fingerprint density at radius 2 is 1.93 bits per heavy atom. The molecular formula is C22H25N5O. The molecular weight excluding hydrogens is 350 g/mol. The van der Waals surface area contributed by atoms with Crippen molar-refractivity contribution in [2.45, 2.75) is 44.6 Å². The van der Waals surface area contributed by atoms with E-state index in [1.807, 2.05) is 30.3 Å². The van der Waals surface area contributed by atoms with Gasteiger partial charge in [-0.25, -0.2) is 4.98 Å². The number of aromatic nitrogens is 4. The molecule has 1 aromatic carbocycles. The van der Waals surface area contributed by atoms with Crippen LogP contribution >= 0.6 is 0 Å². The van der Waals surface area contributed by atoms with E-state index in [1.54, 1.807) is 12.4 Å². The third-order valence-corrected chi connectivity index (χ3v) is 5.44. The standard InChI is InChI=1S/C22H25N5O/c28-22(20(16-8-3-1-4-9-16)17-10-5-2-6-11-17)24-15-19-25-21(27-26-19)18-12-7-13-23-14-18/h1,3-4,7-9,12-14,17,20H,2,5-6,10-11,15H2,(H,24,28)(H,25,26,27). The van der Waals surface area contributed by atoms with Crippen molar-refractivity contribution in [2.24, 2.45) is 5.92 Å². The molecule has 1 atom stereocenters. The summed E-state index contributed by atoms with van der Waals surface area (Å²) in [5.41, 5.74) is 1.95. The number of pyridine rings is 1. The highest BCUT2D eigenvalue weighted by Gasteiger charge is 2.30. The first kappa shape index (κ1) is 18.3. The molecule has 2 aromatic heterocycles. The third-order valence-electron chi connectivity index (χ3n) is 5.44. The van der Waals surface area contributed by atoms with Gasteiger partial charge < -0.3 is 5.32 Å². The zero-order valence-corrected chi connectivity index (χ0v) is 15.8. The predicted octanol–water partition coefficient (Wildman–Crippen LogP) is 3.85. The Bertz CT molecular complexity index is 888. The van der Waals surface area contributed by atoms with Gasteiger partial charge in [-0.3, -0.25) is 14.9 Å². The van der Waals surface area contributed by atoms with Crippen molar-refractivity contribution in [3.05, 3.63) is 66.2 Å². The minimum atomic E-state index is -0.109. The molecule has 144 valence electrons. The van der Waals surface area contributed by atoms with Crippen LogP contribution in [0.1, 0.15) is 49.4 Å². The van der Waals surface area contributed by atoms with E-state index in [1.165, 1.54) is 19.3 Å². The van der Waals surface area contributed by atoms with Crippen LogP contribution in [0.2, 0.25) is 0 Å². The normalized spacial score (nSPS) is 15.9. The highest BCUT2D eigenvalue weighted by Crippen LogP contribution is 2.36. The Morgan fingerprint density at radius 3 is 2.68 bits per heavy atom. The Balaban J connectivity index is 1.45. The highest BCUT2D eigenvalue weighted by atomic mass is 16.1. The topological polar surface area (TPSA) is 83.6 Å². The number of H-pyrrole nitrogens is 1. The van der Waals surface area contributed by atoms with Crippen LogP contribution in [-0.2, 0) is 11.3 Å². The van der Waals surface area contributed by atoms with Gasteiger partial charge in [-0.2, -0.15) is 5.10 Å². The molecule has 1 amide bonds. The highest BCUT2D eigenvalue weighted by molar-refractivity contribution is 5.84. The van der Waals surface area contributed by atoms with Gasteiger partial charge in [-0.1, -0.05) is 49.6 Å². The predicted molar refractivity (Wildman–Crippen MR) is 107 cm³/mol. The summed E-state index contributed by atoms with van der Waals surface area (Å²) in [7, 11) is 0. The van der Waals surface area contributed by atoms with Crippen molar-refractivity contribution >= 4 is 5.91 Å². The Hall–Kier alpha value is -3.02. The number of rotatable bonds is 6. The van der Waals surface area contributed by atoms with Crippen molar-refractivity contribution in [3.63, 3.8) is 0 Å². The SMILES string of the molecule is O=C(NCc1nc(-c2cccnc2)n[nH]1)C(c1ccccc1)C1CCCCC1. The van der Waals surface area contributed by atoms with Crippen LogP contribution in [0.25, 0.3) is 11.4 Å². The largest absolute Gasteiger partial charge is 0.348 e. The number of amides is 1. The number of benzene rings is 1. The number of hydrogen-bond donors (Lipinski definition) is 2. The van der Waals surface area contributed by atoms with Crippen LogP contribution in [-0.4, -0.2) is 26.1 Å². The quantitative estimate of drug-likeness (QED) is 0.685. The summed E-state index contributed by atoms with van der Waals surface area (Å²) in [6.07, 6.45) is 9.34. The molecule has 1 saturated carbocycles. The van der Waals surface area contributed by atoms with Crippen molar-refractivity contribution < 1.29 is 4.79 Å². The van der Waals surface area contributed by atoms with Crippen LogP contribution in [0.5, 0.6) is 0 Å². The lowest BCUT2D eigenvalue weighted by Crippen LogP contribution is -2.34. The molecule has 0 spiro atoms. The first-order valence-electron chi connectivity index (χ1n) is 9.95. The summed E-state index contributed by atoms with van der Waals surface area (Å²) in [6.45, 7) is 0.335. The van der Waals surface area contributed by atoms with E-state index >= 15 is 0 Å². The van der Waals surface area contributed by atoms with Gasteiger partial charge in [-0.05, 0) is 36.5 Å². The molecule has 0 aliphatic heterocycles. The molecule has 2 N–H and O–H groups in total. The molecule has 6 heteroatoms. The molecule has 1 unspecified atom stereocenters. The second kappa shape index (κ2) is 8.78. The maximum Gasteiger partial charge on any atom is 0.228 e. The minimum Gasteiger partial charge on any atom is -0.348 e. The minimum absolute atomic E-state index is 0.0671. The molecule has 28 heavy (non-hydrogen) atoms. The fourth-order valence-electron chi connectivity index (χ4n) is 4.04. The molecule has 2 heterocycles. The van der Waals surface area contributed by atoms with Crippen molar-refractivity contribution in [2.75, 3.05) is 0 Å². The van der Waals surface area contributed by atoms with Gasteiger partial charge in [0.05, 0.1) is 12.5 Å². The maximum absolute atomic E-state index is 13.1. The summed E-state index contributed by atoms with van der Waals surface area (Å²) in [5.74, 6) is 1.59. The fourth-order valence-corrected chi connectivity index (χ4v) is 4.04. The molecule has 6 nitrogen and oxygen atoms in total. The maximum atomic E-state index is 13.1. The van der Waals surface area contributed by atoms with E-state index in [0.29, 0.717) is 24.1 Å². The van der Waals surface area contributed by atoms with Gasteiger partial charge in [0.25, 0.3) is 0 Å². The molecule has 1 fully saturated rings. The Morgan fingerprint density at radius 1 is 1.11 bits per heavy atom. The number of carbonyl (C=O) groups excluding carboxylic acids is 1. The monoisotopic (exact) mass is 375 g/mol. The summed E-state index contributed by atoms with van der Waals surface area (Å²) >= 11 is 0. The lowest BCUT2D eigenvalue weighted by molar-refractivity contribution is -0.124. The molecule has 4 rings (SSSR count). The van der Waals surface area contributed by atoms with Crippen molar-refractivity contribution in [1.29, 1.82) is 0 Å². The Kier molecular flexibility index (Phi) is 5.75. The second-order valence-corrected chi connectivity index (χ2v) is 7.35. The van der Waals surface area contributed by atoms with Crippen molar-refractivity contribution in [1.82, 2.24) is 25.5 Å². The first-order chi connectivity index (χ1) is 13.8. The smallest absolute Gasteiger partial charge is 0.228 e. The Labute approximate surface area is 164 Å². The molecule has 0 radical (unpaired) electrons. The van der Waals surface area contributed by atoms with E-state index in [4.69, 9.17) is 0 Å². The lowest BCUT2D eigenvalue weighted by Gasteiger charge is -2.29. The summed E-state index contributed by atoms with van der Waals surface area (Å²) in [6, 6.07) is 13.9. The van der Waals surface area contributed by atoms with Crippen LogP contribution in [0.3, 0.4) is 0 Å². The van der Waals surface area contributed by atoms with Gasteiger partial charge in [0.15, 0.2) is 5.82 Å². The number of hydrogen-bond acceptors (Lipinski definition) is 4. The van der Waals surface area contributed by atoms with Gasteiger partial charge in [0, 0.05) is 18.0 Å². The van der Waals surface area contributed by atoms with E-state index in [-0.39, 0.29) is 11.8 Å². The van der Waals surface area contributed by atoms with E-state index < -0.39 is 0 Å². The van der Waals surface area contributed by atoms with Gasteiger partial charge in [0.2, 0.25) is 5.91 Å². The third kappa shape index (κ3) is 4.27. The number of nitrogens with zero attached hydrogens (tertiary/aromatic N) is 3. The van der Waals surface area contributed by atoms with Gasteiger partial charge in [-0.15, -0.1) is 0 Å². The summed E-state index contributed by atoms with van der Waals surface area (Å²) in [4.78, 5) is 21.7. The van der Waals surface area contributed by atoms with E-state index in [2.05, 4.69) is 37.6 Å². The van der Waals surface area contributed by atoms with Gasteiger partial charge in [0.1, 0.15) is 5.82 Å². The molecule has 3 aromatic rings. The first-order valence-corrected chi connectivity index (χ1v) is 9.95. The van der Waals surface area contributed by atoms with E-state index in [0.717, 1.165) is 24.0 Å². The molecule has 1 aliphatic rings. The molecule has 0 bridgehead atoms. The number of nitrogens with one attached hydrogen (secondary N) is 2. The fraction of sp³-hybridized carbons (Fsp3) is 0.364. The van der Waals surface area contributed by atoms with E-state index in [9.17, 15) is 4.79 Å². The zero-order chi connectivity index (χ0) is 19.2. The lowest BCUT2D eigenvalue weighted by atomic mass is 9.76. The summed E-state index contributed by atoms with van der Waals surface area (Å²) < 4.78 is 0. The number of carbonyl (C=O) groups is 1. The number of aromatic amines is 1. The van der Waals surface area contributed by atoms with Crippen LogP contribution in [0.15, 0.2) is 54.9 Å². The molecule has 0 saturated heterocycles.